The van der Waals surface area contributed by atoms with E-state index in [9.17, 15) is 4.79 Å². The van der Waals surface area contributed by atoms with E-state index in [0.717, 1.165) is 12.0 Å². The maximum atomic E-state index is 10.9. The Bertz CT molecular complexity index is 183. The lowest BCUT2D eigenvalue weighted by atomic mass is 10.1. The zero-order valence-corrected chi connectivity index (χ0v) is 9.64. The van der Waals surface area contributed by atoms with Crippen molar-refractivity contribution in [2.75, 3.05) is 7.11 Å². The highest BCUT2D eigenvalue weighted by Gasteiger charge is 1.96. The fraction of sp³-hybridized carbons (Fsp3) is 0.750. The van der Waals surface area contributed by atoms with E-state index in [4.69, 9.17) is 0 Å². The Morgan fingerprint density at radius 2 is 1.86 bits per heavy atom. The van der Waals surface area contributed by atoms with Crippen molar-refractivity contribution in [2.45, 2.75) is 52.4 Å². The first-order valence-electron chi connectivity index (χ1n) is 5.45. The number of unbranched alkanes of at least 4 members (excludes halogenated alkanes) is 4. The van der Waals surface area contributed by atoms with Crippen LogP contribution in [-0.4, -0.2) is 13.1 Å². The molecule has 0 aromatic heterocycles. The molecule has 0 heterocycles. The van der Waals surface area contributed by atoms with Gasteiger partial charge in [-0.15, -0.1) is 0 Å². The van der Waals surface area contributed by atoms with Crippen LogP contribution in [0.15, 0.2) is 11.6 Å². The summed E-state index contributed by atoms with van der Waals surface area (Å²) >= 11 is 0. The van der Waals surface area contributed by atoms with Crippen molar-refractivity contribution in [1.82, 2.24) is 0 Å². The molecule has 14 heavy (non-hydrogen) atoms. The van der Waals surface area contributed by atoms with Crippen molar-refractivity contribution in [1.29, 1.82) is 0 Å². The normalized spacial score (nSPS) is 11.5. The van der Waals surface area contributed by atoms with Crippen LogP contribution in [0.3, 0.4) is 0 Å². The summed E-state index contributed by atoms with van der Waals surface area (Å²) in [6.45, 7) is 4.19. The number of hydrogen-bond acceptors (Lipinski definition) is 2. The van der Waals surface area contributed by atoms with Crippen LogP contribution in [0.5, 0.6) is 0 Å². The molecule has 0 saturated heterocycles. The summed E-state index contributed by atoms with van der Waals surface area (Å²) < 4.78 is 4.55. The van der Waals surface area contributed by atoms with Crippen LogP contribution in [0.2, 0.25) is 0 Å². The molecular formula is C12H22O2. The van der Waals surface area contributed by atoms with Gasteiger partial charge in [0.1, 0.15) is 0 Å². The van der Waals surface area contributed by atoms with Crippen molar-refractivity contribution < 1.29 is 9.53 Å². The number of esters is 1. The van der Waals surface area contributed by atoms with Crippen LogP contribution in [0, 0.1) is 0 Å². The average molecular weight is 198 g/mol. The number of rotatable bonds is 7. The first kappa shape index (κ1) is 13.2. The van der Waals surface area contributed by atoms with Crippen LogP contribution in [-0.2, 0) is 9.53 Å². The maximum Gasteiger partial charge on any atom is 0.330 e. The van der Waals surface area contributed by atoms with Gasteiger partial charge in [0, 0.05) is 6.08 Å². The zero-order chi connectivity index (χ0) is 10.8. The number of carbonyl (C=O) groups excluding carboxylic acids is 1. The van der Waals surface area contributed by atoms with Gasteiger partial charge in [0.05, 0.1) is 7.11 Å². The molecule has 0 aliphatic carbocycles. The largest absolute Gasteiger partial charge is 0.466 e. The second kappa shape index (κ2) is 8.79. The van der Waals surface area contributed by atoms with Crippen LogP contribution in [0.25, 0.3) is 0 Å². The minimum absolute atomic E-state index is 0.240. The molecule has 0 saturated carbocycles. The second-order valence-corrected chi connectivity index (χ2v) is 3.68. The second-order valence-electron chi connectivity index (χ2n) is 3.68. The van der Waals surface area contributed by atoms with Crippen LogP contribution >= 0.6 is 0 Å². The van der Waals surface area contributed by atoms with Crippen LogP contribution < -0.4 is 0 Å². The molecule has 0 fully saturated rings. The lowest BCUT2D eigenvalue weighted by molar-refractivity contribution is -0.134. The third-order valence-corrected chi connectivity index (χ3v) is 2.24. The van der Waals surface area contributed by atoms with Crippen LogP contribution in [0.4, 0.5) is 0 Å². The summed E-state index contributed by atoms with van der Waals surface area (Å²) in [5, 5.41) is 0. The number of ether oxygens (including phenoxy) is 1. The average Bonchev–Trinajstić information content (AvgIpc) is 2.17. The Hall–Kier alpha value is -0.790. The molecule has 0 spiro atoms. The highest BCUT2D eigenvalue weighted by Crippen LogP contribution is 2.10. The summed E-state index contributed by atoms with van der Waals surface area (Å²) in [5.74, 6) is -0.240. The summed E-state index contributed by atoms with van der Waals surface area (Å²) in [4.78, 5) is 10.9. The molecule has 0 aliphatic rings. The number of allylic oxidation sites excluding steroid dienone is 1. The molecule has 0 unspecified atom stereocenters. The SMILES string of the molecule is CCCCCCC/C(C)=C/C(=O)OC. The molecule has 0 rings (SSSR count). The Morgan fingerprint density at radius 1 is 1.21 bits per heavy atom. The Kier molecular flexibility index (Phi) is 8.30. The molecule has 0 atom stereocenters. The third kappa shape index (κ3) is 7.84. The fourth-order valence-electron chi connectivity index (χ4n) is 1.34. The number of hydrogen-bond donors (Lipinski definition) is 0. The quantitative estimate of drug-likeness (QED) is 0.356. The molecule has 0 aromatic carbocycles. The summed E-state index contributed by atoms with van der Waals surface area (Å²) in [7, 11) is 1.41. The first-order valence-corrected chi connectivity index (χ1v) is 5.45. The Labute approximate surface area is 87.3 Å². The summed E-state index contributed by atoms with van der Waals surface area (Å²) in [5.41, 5.74) is 1.12. The lowest BCUT2D eigenvalue weighted by Crippen LogP contribution is -1.95. The number of carbonyl (C=O) groups is 1. The molecule has 2 nitrogen and oxygen atoms in total. The maximum absolute atomic E-state index is 10.9. The molecular weight excluding hydrogens is 176 g/mol. The van der Waals surface area contributed by atoms with E-state index in [2.05, 4.69) is 11.7 Å². The number of methoxy groups -OCH3 is 1. The van der Waals surface area contributed by atoms with E-state index < -0.39 is 0 Å². The van der Waals surface area contributed by atoms with Gasteiger partial charge < -0.3 is 4.74 Å². The van der Waals surface area contributed by atoms with Gasteiger partial charge in [0.15, 0.2) is 0 Å². The van der Waals surface area contributed by atoms with Crippen LogP contribution in [0.1, 0.15) is 52.4 Å². The van der Waals surface area contributed by atoms with E-state index in [1.807, 2.05) is 6.92 Å². The lowest BCUT2D eigenvalue weighted by Gasteiger charge is -2.01. The molecule has 2 heteroatoms. The molecule has 0 N–H and O–H groups in total. The molecule has 0 bridgehead atoms. The highest BCUT2D eigenvalue weighted by atomic mass is 16.5. The van der Waals surface area contributed by atoms with Gasteiger partial charge in [-0.05, 0) is 19.8 Å². The Morgan fingerprint density at radius 3 is 2.43 bits per heavy atom. The molecule has 0 amide bonds. The third-order valence-electron chi connectivity index (χ3n) is 2.24. The van der Waals surface area contributed by atoms with Gasteiger partial charge in [0.25, 0.3) is 0 Å². The van der Waals surface area contributed by atoms with Gasteiger partial charge in [-0.3, -0.25) is 0 Å². The molecule has 82 valence electrons. The molecule has 0 aromatic rings. The van der Waals surface area contributed by atoms with Crippen molar-refractivity contribution >= 4 is 5.97 Å². The van der Waals surface area contributed by atoms with Crippen molar-refractivity contribution in [3.05, 3.63) is 11.6 Å². The van der Waals surface area contributed by atoms with E-state index in [1.165, 1.54) is 39.2 Å². The van der Waals surface area contributed by atoms with Crippen molar-refractivity contribution in [3.8, 4) is 0 Å². The van der Waals surface area contributed by atoms with E-state index in [1.54, 1.807) is 6.08 Å². The Balaban J connectivity index is 3.48. The predicted octanol–water partition coefficient (Wildman–Crippen LogP) is 3.47. The summed E-state index contributed by atoms with van der Waals surface area (Å²) in [6.07, 6.45) is 8.94. The standard InChI is InChI=1S/C12H22O2/c1-4-5-6-7-8-9-11(2)10-12(13)14-3/h10H,4-9H2,1-3H3/b11-10+. The highest BCUT2D eigenvalue weighted by molar-refractivity contribution is 5.82. The van der Waals surface area contributed by atoms with Gasteiger partial charge in [-0.25, -0.2) is 4.79 Å². The van der Waals surface area contributed by atoms with Gasteiger partial charge in [-0.1, -0.05) is 38.2 Å². The first-order chi connectivity index (χ1) is 6.70. The van der Waals surface area contributed by atoms with E-state index >= 15 is 0 Å². The van der Waals surface area contributed by atoms with Crippen molar-refractivity contribution in [2.24, 2.45) is 0 Å². The van der Waals surface area contributed by atoms with E-state index in [-0.39, 0.29) is 5.97 Å². The summed E-state index contributed by atoms with van der Waals surface area (Å²) in [6, 6.07) is 0. The smallest absolute Gasteiger partial charge is 0.330 e. The van der Waals surface area contributed by atoms with Gasteiger partial charge in [0.2, 0.25) is 0 Å². The molecule has 0 radical (unpaired) electrons. The topological polar surface area (TPSA) is 26.3 Å². The zero-order valence-electron chi connectivity index (χ0n) is 9.64. The van der Waals surface area contributed by atoms with Crippen molar-refractivity contribution in [3.63, 3.8) is 0 Å². The van der Waals surface area contributed by atoms with Gasteiger partial charge >= 0.3 is 5.97 Å². The van der Waals surface area contributed by atoms with E-state index in [0.29, 0.717) is 0 Å². The monoisotopic (exact) mass is 198 g/mol. The minimum atomic E-state index is -0.240. The molecule has 0 aliphatic heterocycles. The minimum Gasteiger partial charge on any atom is -0.466 e. The fourth-order valence-corrected chi connectivity index (χ4v) is 1.34. The predicted molar refractivity (Wildman–Crippen MR) is 59.1 cm³/mol. The van der Waals surface area contributed by atoms with Gasteiger partial charge in [-0.2, -0.15) is 0 Å².